The van der Waals surface area contributed by atoms with E-state index in [1.807, 2.05) is 24.4 Å². The standard InChI is InChI=1S/C17H21N3O2/c1-11(21)13-8-16(20-10-13)17(22)18-7-6-12-9-19-15-5-3-2-4-14(12)15/h2-5,9,13,16,19-20H,6-8,10H2,1H3,(H,18,22). The first kappa shape index (κ1) is 14.8. The van der Waals surface area contributed by atoms with Gasteiger partial charge in [0.25, 0.3) is 0 Å². The number of amides is 1. The van der Waals surface area contributed by atoms with Crippen molar-refractivity contribution < 1.29 is 9.59 Å². The maximum absolute atomic E-state index is 12.1. The van der Waals surface area contributed by atoms with Crippen molar-refractivity contribution in [2.24, 2.45) is 5.92 Å². The average molecular weight is 299 g/mol. The summed E-state index contributed by atoms with van der Waals surface area (Å²) in [5.41, 5.74) is 2.32. The molecule has 1 aliphatic rings. The molecule has 0 spiro atoms. The van der Waals surface area contributed by atoms with Crippen LogP contribution in [0.25, 0.3) is 10.9 Å². The molecule has 3 rings (SSSR count). The quantitative estimate of drug-likeness (QED) is 0.781. The lowest BCUT2D eigenvalue weighted by atomic mass is 10.0. The third-order valence-corrected chi connectivity index (χ3v) is 4.39. The Balaban J connectivity index is 1.51. The summed E-state index contributed by atoms with van der Waals surface area (Å²) in [5.74, 6) is 0.120. The molecule has 1 fully saturated rings. The number of carbonyl (C=O) groups is 2. The Morgan fingerprint density at radius 2 is 2.14 bits per heavy atom. The highest BCUT2D eigenvalue weighted by Gasteiger charge is 2.31. The summed E-state index contributed by atoms with van der Waals surface area (Å²) in [7, 11) is 0. The van der Waals surface area contributed by atoms with Crippen molar-refractivity contribution in [2.45, 2.75) is 25.8 Å². The Bertz CT molecular complexity index is 692. The molecule has 22 heavy (non-hydrogen) atoms. The summed E-state index contributed by atoms with van der Waals surface area (Å²) >= 11 is 0. The highest BCUT2D eigenvalue weighted by molar-refractivity contribution is 5.86. The van der Waals surface area contributed by atoms with Crippen LogP contribution in [-0.2, 0) is 16.0 Å². The van der Waals surface area contributed by atoms with Crippen molar-refractivity contribution in [1.29, 1.82) is 0 Å². The van der Waals surface area contributed by atoms with Gasteiger partial charge < -0.3 is 15.6 Å². The number of nitrogens with one attached hydrogen (secondary N) is 3. The summed E-state index contributed by atoms with van der Waals surface area (Å²) in [6, 6.07) is 7.90. The van der Waals surface area contributed by atoms with Gasteiger partial charge in [-0.2, -0.15) is 0 Å². The number of para-hydroxylation sites is 1. The van der Waals surface area contributed by atoms with E-state index in [0.717, 1.165) is 11.9 Å². The van der Waals surface area contributed by atoms with E-state index in [9.17, 15) is 9.59 Å². The van der Waals surface area contributed by atoms with Gasteiger partial charge in [0.2, 0.25) is 5.91 Å². The first-order chi connectivity index (χ1) is 10.6. The van der Waals surface area contributed by atoms with Crippen LogP contribution in [0, 0.1) is 5.92 Å². The number of H-pyrrole nitrogens is 1. The Morgan fingerprint density at radius 3 is 2.91 bits per heavy atom. The lowest BCUT2D eigenvalue weighted by Gasteiger charge is -2.11. The van der Waals surface area contributed by atoms with E-state index in [1.54, 1.807) is 6.92 Å². The molecule has 5 heteroatoms. The molecule has 5 nitrogen and oxygen atoms in total. The first-order valence-electron chi connectivity index (χ1n) is 7.71. The Morgan fingerprint density at radius 1 is 1.32 bits per heavy atom. The van der Waals surface area contributed by atoms with Crippen molar-refractivity contribution >= 4 is 22.6 Å². The molecule has 1 amide bonds. The maximum atomic E-state index is 12.1. The minimum Gasteiger partial charge on any atom is -0.361 e. The predicted octanol–water partition coefficient (Wildman–Crippen LogP) is 1.39. The molecule has 2 unspecified atom stereocenters. The summed E-state index contributed by atoms with van der Waals surface area (Å²) < 4.78 is 0. The van der Waals surface area contributed by atoms with E-state index in [-0.39, 0.29) is 23.7 Å². The van der Waals surface area contributed by atoms with Gasteiger partial charge in [0, 0.05) is 36.1 Å². The number of hydrogen-bond donors (Lipinski definition) is 3. The molecule has 3 N–H and O–H groups in total. The van der Waals surface area contributed by atoms with Gasteiger partial charge >= 0.3 is 0 Å². The van der Waals surface area contributed by atoms with E-state index < -0.39 is 0 Å². The van der Waals surface area contributed by atoms with Gasteiger partial charge in [-0.15, -0.1) is 0 Å². The first-order valence-corrected chi connectivity index (χ1v) is 7.71. The fraction of sp³-hybridized carbons (Fsp3) is 0.412. The van der Waals surface area contributed by atoms with Crippen LogP contribution in [0.15, 0.2) is 30.5 Å². The van der Waals surface area contributed by atoms with Gasteiger partial charge in [-0.3, -0.25) is 9.59 Å². The molecule has 0 saturated carbocycles. The zero-order valence-electron chi connectivity index (χ0n) is 12.7. The summed E-state index contributed by atoms with van der Waals surface area (Å²) in [6.45, 7) is 2.79. The minimum atomic E-state index is -0.239. The molecule has 2 aromatic rings. The second-order valence-corrected chi connectivity index (χ2v) is 5.90. The Labute approximate surface area is 129 Å². The number of aromatic amines is 1. The zero-order valence-corrected chi connectivity index (χ0v) is 12.7. The van der Waals surface area contributed by atoms with Crippen LogP contribution < -0.4 is 10.6 Å². The molecule has 116 valence electrons. The summed E-state index contributed by atoms with van der Waals surface area (Å²) in [5, 5.41) is 7.28. The number of hydrogen-bond acceptors (Lipinski definition) is 3. The van der Waals surface area contributed by atoms with E-state index in [1.165, 1.54) is 10.9 Å². The average Bonchev–Trinajstić information content (AvgIpc) is 3.14. The number of fused-ring (bicyclic) bond motifs is 1. The van der Waals surface area contributed by atoms with Crippen molar-refractivity contribution in [1.82, 2.24) is 15.6 Å². The number of rotatable bonds is 5. The smallest absolute Gasteiger partial charge is 0.237 e. The number of ketones is 1. The van der Waals surface area contributed by atoms with Gasteiger partial charge in [0.1, 0.15) is 5.78 Å². The van der Waals surface area contributed by atoms with Gasteiger partial charge in [0.05, 0.1) is 6.04 Å². The second-order valence-electron chi connectivity index (χ2n) is 5.90. The van der Waals surface area contributed by atoms with Gasteiger partial charge in [0.15, 0.2) is 0 Å². The Kier molecular flexibility index (Phi) is 4.24. The molecular weight excluding hydrogens is 278 g/mol. The molecule has 0 aliphatic carbocycles. The van der Waals surface area contributed by atoms with Crippen LogP contribution in [0.4, 0.5) is 0 Å². The molecule has 0 radical (unpaired) electrons. The number of Topliss-reactive ketones (excluding diaryl/α,β-unsaturated/α-hetero) is 1. The van der Waals surface area contributed by atoms with Crippen molar-refractivity contribution in [2.75, 3.05) is 13.1 Å². The lowest BCUT2D eigenvalue weighted by Crippen LogP contribution is -2.41. The van der Waals surface area contributed by atoms with Gasteiger partial charge in [-0.1, -0.05) is 18.2 Å². The summed E-state index contributed by atoms with van der Waals surface area (Å²) in [6.07, 6.45) is 3.39. The van der Waals surface area contributed by atoms with Gasteiger partial charge in [-0.05, 0) is 31.4 Å². The third-order valence-electron chi connectivity index (χ3n) is 4.39. The van der Waals surface area contributed by atoms with Crippen molar-refractivity contribution in [3.63, 3.8) is 0 Å². The fourth-order valence-electron chi connectivity index (χ4n) is 3.03. The monoisotopic (exact) mass is 299 g/mol. The van der Waals surface area contributed by atoms with Gasteiger partial charge in [-0.25, -0.2) is 0 Å². The maximum Gasteiger partial charge on any atom is 0.237 e. The lowest BCUT2D eigenvalue weighted by molar-refractivity contribution is -0.123. The number of aromatic nitrogens is 1. The van der Waals surface area contributed by atoms with Crippen LogP contribution in [0.2, 0.25) is 0 Å². The molecule has 2 heterocycles. The largest absolute Gasteiger partial charge is 0.361 e. The topological polar surface area (TPSA) is 74.0 Å². The van der Waals surface area contributed by atoms with Crippen molar-refractivity contribution in [3.8, 4) is 0 Å². The minimum absolute atomic E-state index is 0.0106. The highest BCUT2D eigenvalue weighted by Crippen LogP contribution is 2.18. The van der Waals surface area contributed by atoms with Crippen LogP contribution >= 0.6 is 0 Å². The zero-order chi connectivity index (χ0) is 15.5. The normalized spacial score (nSPS) is 21.1. The van der Waals surface area contributed by atoms with Crippen molar-refractivity contribution in [3.05, 3.63) is 36.0 Å². The van der Waals surface area contributed by atoms with E-state index in [4.69, 9.17) is 0 Å². The fourth-order valence-corrected chi connectivity index (χ4v) is 3.03. The molecular formula is C17H21N3O2. The van der Waals surface area contributed by atoms with E-state index in [2.05, 4.69) is 21.7 Å². The predicted molar refractivity (Wildman–Crippen MR) is 85.6 cm³/mol. The molecule has 1 aliphatic heterocycles. The molecule has 1 aromatic carbocycles. The Hall–Kier alpha value is -2.14. The highest BCUT2D eigenvalue weighted by atomic mass is 16.2. The van der Waals surface area contributed by atoms with Crippen LogP contribution in [-0.4, -0.2) is 35.8 Å². The molecule has 1 saturated heterocycles. The van der Waals surface area contributed by atoms with Crippen LogP contribution in [0.5, 0.6) is 0 Å². The number of carbonyl (C=O) groups excluding carboxylic acids is 2. The molecule has 2 atom stereocenters. The number of benzene rings is 1. The summed E-state index contributed by atoms with van der Waals surface area (Å²) in [4.78, 5) is 26.7. The van der Waals surface area contributed by atoms with Crippen LogP contribution in [0.1, 0.15) is 18.9 Å². The molecule has 1 aromatic heterocycles. The third kappa shape index (κ3) is 3.04. The second kappa shape index (κ2) is 6.32. The van der Waals surface area contributed by atoms with E-state index in [0.29, 0.717) is 19.5 Å². The molecule has 0 bridgehead atoms. The SMILES string of the molecule is CC(=O)C1CNC(C(=O)NCCc2c[nH]c3ccccc23)C1. The van der Waals surface area contributed by atoms with E-state index >= 15 is 0 Å². The van der Waals surface area contributed by atoms with Crippen LogP contribution in [0.3, 0.4) is 0 Å².